The third kappa shape index (κ3) is 4.79. The van der Waals surface area contributed by atoms with E-state index in [0.717, 1.165) is 24.5 Å². The molecule has 0 heterocycles. The minimum absolute atomic E-state index is 0.796. The molecule has 1 aromatic rings. The van der Waals surface area contributed by atoms with Gasteiger partial charge in [-0.1, -0.05) is 6.07 Å². The number of hydrogen-bond acceptors (Lipinski definition) is 3. The molecule has 0 N–H and O–H groups in total. The molecular formula is C13H21NOS. The summed E-state index contributed by atoms with van der Waals surface area (Å²) in [7, 11) is 4.07. The van der Waals surface area contributed by atoms with Crippen LogP contribution in [0, 0.1) is 0 Å². The van der Waals surface area contributed by atoms with Crippen molar-refractivity contribution in [3.63, 3.8) is 0 Å². The Hall–Kier alpha value is -0.830. The van der Waals surface area contributed by atoms with Crippen LogP contribution in [0.4, 0.5) is 5.69 Å². The van der Waals surface area contributed by atoms with Gasteiger partial charge in [-0.15, -0.1) is 0 Å². The van der Waals surface area contributed by atoms with E-state index in [-0.39, 0.29) is 0 Å². The Kier molecular flexibility index (Phi) is 6.16. The van der Waals surface area contributed by atoms with Crippen LogP contribution in [-0.2, 0) is 0 Å². The first kappa shape index (κ1) is 13.2. The van der Waals surface area contributed by atoms with Crippen molar-refractivity contribution in [2.75, 3.05) is 31.4 Å². The fourth-order valence-corrected chi connectivity index (χ4v) is 1.66. The van der Waals surface area contributed by atoms with Gasteiger partial charge in [0.1, 0.15) is 5.75 Å². The molecule has 0 atom stereocenters. The van der Waals surface area contributed by atoms with E-state index >= 15 is 0 Å². The van der Waals surface area contributed by atoms with Crippen LogP contribution < -0.4 is 9.64 Å². The molecule has 2 nitrogen and oxygen atoms in total. The van der Waals surface area contributed by atoms with Gasteiger partial charge in [0.2, 0.25) is 0 Å². The second-order valence-corrected chi connectivity index (χ2v) is 4.47. The fourth-order valence-electron chi connectivity index (χ4n) is 1.43. The summed E-state index contributed by atoms with van der Waals surface area (Å²) >= 11 is 4.18. The summed E-state index contributed by atoms with van der Waals surface area (Å²) in [5, 5.41) is 0. The van der Waals surface area contributed by atoms with Gasteiger partial charge >= 0.3 is 0 Å². The van der Waals surface area contributed by atoms with Crippen molar-refractivity contribution >= 4 is 18.3 Å². The Bertz CT molecular complexity index is 302. The van der Waals surface area contributed by atoms with Crippen LogP contribution in [0.1, 0.15) is 19.3 Å². The maximum atomic E-state index is 5.69. The van der Waals surface area contributed by atoms with Crippen LogP contribution in [0.5, 0.6) is 5.75 Å². The molecule has 0 aromatic heterocycles. The number of nitrogens with zero attached hydrogens (tertiary/aromatic N) is 1. The van der Waals surface area contributed by atoms with E-state index in [2.05, 4.69) is 29.7 Å². The van der Waals surface area contributed by atoms with Crippen LogP contribution in [0.25, 0.3) is 0 Å². The van der Waals surface area contributed by atoms with Crippen molar-refractivity contribution in [2.45, 2.75) is 19.3 Å². The molecule has 0 radical (unpaired) electrons. The molecule has 90 valence electrons. The number of hydrogen-bond donors (Lipinski definition) is 1. The first-order chi connectivity index (χ1) is 7.74. The monoisotopic (exact) mass is 239 g/mol. The van der Waals surface area contributed by atoms with E-state index in [0.29, 0.717) is 0 Å². The maximum absolute atomic E-state index is 5.69. The third-order valence-corrected chi connectivity index (χ3v) is 2.72. The zero-order chi connectivity index (χ0) is 11.8. The zero-order valence-corrected chi connectivity index (χ0v) is 11.0. The van der Waals surface area contributed by atoms with Gasteiger partial charge in [-0.05, 0) is 37.1 Å². The van der Waals surface area contributed by atoms with E-state index in [1.165, 1.54) is 18.5 Å². The summed E-state index contributed by atoms with van der Waals surface area (Å²) in [4.78, 5) is 2.08. The molecular weight excluding hydrogens is 218 g/mol. The van der Waals surface area contributed by atoms with Crippen LogP contribution >= 0.6 is 12.6 Å². The van der Waals surface area contributed by atoms with Gasteiger partial charge in [-0.2, -0.15) is 12.6 Å². The molecule has 3 heteroatoms. The molecule has 0 aliphatic carbocycles. The van der Waals surface area contributed by atoms with Crippen molar-refractivity contribution in [1.82, 2.24) is 0 Å². The first-order valence-electron chi connectivity index (χ1n) is 5.75. The van der Waals surface area contributed by atoms with E-state index in [9.17, 15) is 0 Å². The topological polar surface area (TPSA) is 12.5 Å². The van der Waals surface area contributed by atoms with Gasteiger partial charge < -0.3 is 9.64 Å². The van der Waals surface area contributed by atoms with Gasteiger partial charge in [0.25, 0.3) is 0 Å². The average Bonchev–Trinajstić information content (AvgIpc) is 2.29. The lowest BCUT2D eigenvalue weighted by Gasteiger charge is -2.14. The molecule has 0 fully saturated rings. The second-order valence-electron chi connectivity index (χ2n) is 4.02. The van der Waals surface area contributed by atoms with E-state index in [1.54, 1.807) is 0 Å². The Morgan fingerprint density at radius 1 is 1.19 bits per heavy atom. The minimum Gasteiger partial charge on any atom is -0.494 e. The highest BCUT2D eigenvalue weighted by molar-refractivity contribution is 7.80. The Morgan fingerprint density at radius 3 is 2.69 bits per heavy atom. The van der Waals surface area contributed by atoms with Crippen molar-refractivity contribution in [3.05, 3.63) is 24.3 Å². The second kappa shape index (κ2) is 7.44. The fraction of sp³-hybridized carbons (Fsp3) is 0.538. The smallest absolute Gasteiger partial charge is 0.121 e. The van der Waals surface area contributed by atoms with Crippen LogP contribution in [-0.4, -0.2) is 26.5 Å². The predicted octanol–water partition coefficient (Wildman–Crippen LogP) is 3.23. The lowest BCUT2D eigenvalue weighted by molar-refractivity contribution is 0.306. The summed E-state index contributed by atoms with van der Waals surface area (Å²) in [6.07, 6.45) is 3.47. The minimum atomic E-state index is 0.796. The Morgan fingerprint density at radius 2 is 2.00 bits per heavy atom. The summed E-state index contributed by atoms with van der Waals surface area (Å²) in [5.41, 5.74) is 1.17. The standard InChI is InChI=1S/C13H21NOS/c1-14(2)12-7-6-8-13(11-12)15-9-4-3-5-10-16/h6-8,11,16H,3-5,9-10H2,1-2H3. The largest absolute Gasteiger partial charge is 0.494 e. The average molecular weight is 239 g/mol. The van der Waals surface area contributed by atoms with Gasteiger partial charge in [-0.3, -0.25) is 0 Å². The lowest BCUT2D eigenvalue weighted by atomic mass is 10.2. The summed E-state index contributed by atoms with van der Waals surface area (Å²) in [5.74, 6) is 1.92. The number of unbranched alkanes of at least 4 members (excludes halogenated alkanes) is 2. The number of anilines is 1. The van der Waals surface area contributed by atoms with E-state index in [1.807, 2.05) is 26.2 Å². The van der Waals surface area contributed by atoms with E-state index < -0.39 is 0 Å². The van der Waals surface area contributed by atoms with Gasteiger partial charge in [0.15, 0.2) is 0 Å². The molecule has 1 aromatic carbocycles. The van der Waals surface area contributed by atoms with Crippen LogP contribution in [0.3, 0.4) is 0 Å². The molecule has 0 saturated carbocycles. The number of thiol groups is 1. The molecule has 0 saturated heterocycles. The third-order valence-electron chi connectivity index (χ3n) is 2.41. The first-order valence-corrected chi connectivity index (χ1v) is 6.38. The summed E-state index contributed by atoms with van der Waals surface area (Å²) in [6, 6.07) is 8.18. The highest BCUT2D eigenvalue weighted by atomic mass is 32.1. The van der Waals surface area contributed by atoms with Gasteiger partial charge in [-0.25, -0.2) is 0 Å². The van der Waals surface area contributed by atoms with Gasteiger partial charge in [0, 0.05) is 25.8 Å². The molecule has 16 heavy (non-hydrogen) atoms. The van der Waals surface area contributed by atoms with Gasteiger partial charge in [0.05, 0.1) is 6.61 Å². The van der Waals surface area contributed by atoms with Crippen molar-refractivity contribution in [3.8, 4) is 5.75 Å². The maximum Gasteiger partial charge on any atom is 0.121 e. The van der Waals surface area contributed by atoms with E-state index in [4.69, 9.17) is 4.74 Å². The number of rotatable bonds is 7. The van der Waals surface area contributed by atoms with Crippen LogP contribution in [0.15, 0.2) is 24.3 Å². The normalized spacial score (nSPS) is 10.2. The van der Waals surface area contributed by atoms with Crippen molar-refractivity contribution in [2.24, 2.45) is 0 Å². The quantitative estimate of drug-likeness (QED) is 0.579. The lowest BCUT2D eigenvalue weighted by Crippen LogP contribution is -2.08. The molecule has 0 amide bonds. The number of benzene rings is 1. The predicted molar refractivity (Wildman–Crippen MR) is 74.0 cm³/mol. The molecule has 0 spiro atoms. The van der Waals surface area contributed by atoms with Crippen LogP contribution in [0.2, 0.25) is 0 Å². The summed E-state index contributed by atoms with van der Waals surface area (Å²) < 4.78 is 5.69. The zero-order valence-electron chi connectivity index (χ0n) is 10.1. The molecule has 0 unspecified atom stereocenters. The number of ether oxygens (including phenoxy) is 1. The SMILES string of the molecule is CN(C)c1cccc(OCCCCCS)c1. The highest BCUT2D eigenvalue weighted by Gasteiger charge is 1.98. The molecule has 0 aliphatic rings. The Balaban J connectivity index is 2.33. The Labute approximate surface area is 104 Å². The summed E-state index contributed by atoms with van der Waals surface area (Å²) in [6.45, 7) is 0.796. The van der Waals surface area contributed by atoms with Crippen molar-refractivity contribution < 1.29 is 4.74 Å². The molecule has 0 bridgehead atoms. The van der Waals surface area contributed by atoms with Crippen molar-refractivity contribution in [1.29, 1.82) is 0 Å². The molecule has 0 aliphatic heterocycles. The molecule has 1 rings (SSSR count). The highest BCUT2D eigenvalue weighted by Crippen LogP contribution is 2.19.